The molecule has 0 fully saturated rings. The van der Waals surface area contributed by atoms with Crippen molar-refractivity contribution < 1.29 is 13.2 Å². The molecule has 1 N–H and O–H groups in total. The minimum Gasteiger partial charge on any atom is -0.328 e. The Morgan fingerprint density at radius 1 is 1.41 bits per heavy atom. The predicted molar refractivity (Wildman–Crippen MR) is 83.6 cm³/mol. The normalized spacial score (nSPS) is 11.7. The van der Waals surface area contributed by atoms with Gasteiger partial charge in [0.25, 0.3) is 0 Å². The highest BCUT2D eigenvalue weighted by Crippen LogP contribution is 2.28. The molecule has 2 aromatic heterocycles. The van der Waals surface area contributed by atoms with Gasteiger partial charge in [-0.1, -0.05) is 11.3 Å². The van der Waals surface area contributed by atoms with Crippen LogP contribution in [0.15, 0.2) is 41.8 Å². The lowest BCUT2D eigenvalue weighted by Crippen LogP contribution is -2.17. The molecule has 22 heavy (non-hydrogen) atoms. The van der Waals surface area contributed by atoms with E-state index in [0.29, 0.717) is 15.3 Å². The van der Waals surface area contributed by atoms with Gasteiger partial charge in [-0.15, -0.1) is 0 Å². The third kappa shape index (κ3) is 3.15. The Hall–Kier alpha value is -2.26. The fraction of sp³-hybridized carbons (Fsp3) is 0.154. The third-order valence-corrected chi connectivity index (χ3v) is 4.96. The number of hydrogen-bond acceptors (Lipinski definition) is 6. The molecule has 0 unspecified atom stereocenters. The molecular formula is C13H12N4O3S2. The van der Waals surface area contributed by atoms with E-state index in [0.717, 1.165) is 6.26 Å². The molecule has 0 bridgehead atoms. The van der Waals surface area contributed by atoms with E-state index in [2.05, 4.69) is 15.3 Å². The highest BCUT2D eigenvalue weighted by atomic mass is 32.2. The van der Waals surface area contributed by atoms with Crippen molar-refractivity contribution in [3.8, 4) is 0 Å². The Kier molecular flexibility index (Phi) is 3.67. The Balaban J connectivity index is 1.81. The number of anilines is 1. The number of imidazole rings is 1. The molecule has 0 saturated carbocycles. The fourth-order valence-electron chi connectivity index (χ4n) is 1.89. The number of rotatable bonds is 4. The van der Waals surface area contributed by atoms with Gasteiger partial charge in [-0.2, -0.15) is 0 Å². The molecule has 0 saturated heterocycles. The second kappa shape index (κ2) is 5.50. The van der Waals surface area contributed by atoms with Crippen LogP contribution < -0.4 is 5.32 Å². The van der Waals surface area contributed by atoms with Crippen LogP contribution in [-0.4, -0.2) is 35.1 Å². The van der Waals surface area contributed by atoms with Crippen molar-refractivity contribution in [2.75, 3.05) is 11.6 Å². The molecule has 0 aliphatic heterocycles. The van der Waals surface area contributed by atoms with Gasteiger partial charge in [-0.3, -0.25) is 4.79 Å². The van der Waals surface area contributed by atoms with Crippen LogP contribution in [0.2, 0.25) is 0 Å². The molecule has 0 aliphatic carbocycles. The molecular weight excluding hydrogens is 324 g/mol. The maximum atomic E-state index is 11.9. The summed E-state index contributed by atoms with van der Waals surface area (Å²) in [5.41, 5.74) is 0.648. The first-order valence-electron chi connectivity index (χ1n) is 6.28. The maximum absolute atomic E-state index is 11.9. The number of benzene rings is 1. The maximum Gasteiger partial charge on any atom is 0.246 e. The second-order valence-corrected chi connectivity index (χ2v) is 7.75. The van der Waals surface area contributed by atoms with Crippen LogP contribution in [0, 0.1) is 0 Å². The van der Waals surface area contributed by atoms with Gasteiger partial charge in [-0.05, 0) is 18.2 Å². The van der Waals surface area contributed by atoms with Gasteiger partial charge in [-0.25, -0.2) is 18.4 Å². The molecule has 3 aromatic rings. The Bertz CT molecular complexity index is 930. The minimum absolute atomic E-state index is 0.143. The van der Waals surface area contributed by atoms with Crippen LogP contribution in [0.3, 0.4) is 0 Å². The highest BCUT2D eigenvalue weighted by molar-refractivity contribution is 7.90. The number of carbonyl (C=O) groups excluding carboxylic acids is 1. The molecule has 3 rings (SSSR count). The monoisotopic (exact) mass is 336 g/mol. The SMILES string of the molecule is CS(=O)(=O)c1ccc2nc(NC(=O)Cn3ccnc3)sc2c1. The topological polar surface area (TPSA) is 94.0 Å². The predicted octanol–water partition coefficient (Wildman–Crippen LogP) is 1.53. The smallest absolute Gasteiger partial charge is 0.246 e. The first kappa shape index (κ1) is 14.7. The van der Waals surface area contributed by atoms with Crippen molar-refractivity contribution in [3.63, 3.8) is 0 Å². The molecule has 114 valence electrons. The summed E-state index contributed by atoms with van der Waals surface area (Å²) >= 11 is 1.24. The van der Waals surface area contributed by atoms with Crippen molar-refractivity contribution in [2.45, 2.75) is 11.4 Å². The van der Waals surface area contributed by atoms with Crippen LogP contribution in [0.5, 0.6) is 0 Å². The van der Waals surface area contributed by atoms with Gasteiger partial charge in [0.1, 0.15) is 6.54 Å². The van der Waals surface area contributed by atoms with Crippen LogP contribution in [-0.2, 0) is 21.2 Å². The molecule has 2 heterocycles. The molecule has 9 heteroatoms. The summed E-state index contributed by atoms with van der Waals surface area (Å²) in [6.45, 7) is 0.143. The summed E-state index contributed by atoms with van der Waals surface area (Å²) in [4.78, 5) is 20.3. The molecule has 1 amide bonds. The van der Waals surface area contributed by atoms with E-state index in [-0.39, 0.29) is 17.3 Å². The number of nitrogens with zero attached hydrogens (tertiary/aromatic N) is 3. The number of amides is 1. The molecule has 0 spiro atoms. The lowest BCUT2D eigenvalue weighted by molar-refractivity contribution is -0.116. The minimum atomic E-state index is -3.26. The van der Waals surface area contributed by atoms with Gasteiger partial charge in [0.15, 0.2) is 15.0 Å². The first-order chi connectivity index (χ1) is 10.4. The lowest BCUT2D eigenvalue weighted by atomic mass is 10.3. The van der Waals surface area contributed by atoms with Crippen LogP contribution in [0.4, 0.5) is 5.13 Å². The zero-order valence-electron chi connectivity index (χ0n) is 11.6. The summed E-state index contributed by atoms with van der Waals surface area (Å²) in [7, 11) is -3.26. The Labute approximate surface area is 130 Å². The zero-order valence-corrected chi connectivity index (χ0v) is 13.2. The van der Waals surface area contributed by atoms with Crippen molar-refractivity contribution in [3.05, 3.63) is 36.9 Å². The number of thiazole rings is 1. The summed E-state index contributed by atoms with van der Waals surface area (Å²) < 4.78 is 25.4. The van der Waals surface area contributed by atoms with Crippen molar-refractivity contribution in [1.29, 1.82) is 0 Å². The molecule has 0 radical (unpaired) electrons. The van der Waals surface area contributed by atoms with Crippen molar-refractivity contribution >= 4 is 42.4 Å². The molecule has 7 nitrogen and oxygen atoms in total. The van der Waals surface area contributed by atoms with Gasteiger partial charge in [0.05, 0.1) is 21.4 Å². The third-order valence-electron chi connectivity index (χ3n) is 2.92. The number of hydrogen-bond donors (Lipinski definition) is 1. The van der Waals surface area contributed by atoms with E-state index in [4.69, 9.17) is 0 Å². The molecule has 0 atom stereocenters. The summed E-state index contributed by atoms with van der Waals surface area (Å²) in [6, 6.07) is 4.70. The van der Waals surface area contributed by atoms with Gasteiger partial charge in [0, 0.05) is 18.6 Å². The number of aromatic nitrogens is 3. The molecule has 0 aliphatic rings. The van der Waals surface area contributed by atoms with Crippen LogP contribution >= 0.6 is 11.3 Å². The fourth-order valence-corrected chi connectivity index (χ4v) is 3.54. The highest BCUT2D eigenvalue weighted by Gasteiger charge is 2.12. The van der Waals surface area contributed by atoms with Crippen LogP contribution in [0.25, 0.3) is 10.2 Å². The Morgan fingerprint density at radius 3 is 2.91 bits per heavy atom. The van der Waals surface area contributed by atoms with E-state index in [1.54, 1.807) is 35.4 Å². The average Bonchev–Trinajstić information content (AvgIpc) is 3.04. The standard InChI is InChI=1S/C13H12N4O3S2/c1-22(19,20)9-2-3-10-11(6-9)21-13(15-10)16-12(18)7-17-5-4-14-8-17/h2-6,8H,7H2,1H3,(H,15,16,18). The van der Waals surface area contributed by atoms with Crippen LogP contribution in [0.1, 0.15) is 0 Å². The van der Waals surface area contributed by atoms with Gasteiger partial charge in [0.2, 0.25) is 5.91 Å². The first-order valence-corrected chi connectivity index (χ1v) is 8.99. The van der Waals surface area contributed by atoms with Gasteiger partial charge >= 0.3 is 0 Å². The van der Waals surface area contributed by atoms with E-state index < -0.39 is 9.84 Å². The number of carbonyl (C=O) groups is 1. The number of nitrogens with one attached hydrogen (secondary N) is 1. The van der Waals surface area contributed by atoms with E-state index in [9.17, 15) is 13.2 Å². The summed E-state index contributed by atoms with van der Waals surface area (Å²) in [5, 5.41) is 3.13. The quantitative estimate of drug-likeness (QED) is 0.780. The average molecular weight is 336 g/mol. The summed E-state index contributed by atoms with van der Waals surface area (Å²) in [5.74, 6) is -0.222. The summed E-state index contributed by atoms with van der Waals surface area (Å²) in [6.07, 6.45) is 5.99. The zero-order chi connectivity index (χ0) is 15.7. The number of fused-ring (bicyclic) bond motifs is 1. The lowest BCUT2D eigenvalue weighted by Gasteiger charge is -2.01. The van der Waals surface area contributed by atoms with Gasteiger partial charge < -0.3 is 9.88 Å². The second-order valence-electron chi connectivity index (χ2n) is 4.70. The van der Waals surface area contributed by atoms with Crippen molar-refractivity contribution in [2.24, 2.45) is 0 Å². The number of sulfone groups is 1. The van der Waals surface area contributed by atoms with E-state index in [1.807, 2.05) is 0 Å². The van der Waals surface area contributed by atoms with E-state index >= 15 is 0 Å². The Morgan fingerprint density at radius 2 is 2.23 bits per heavy atom. The largest absolute Gasteiger partial charge is 0.328 e. The van der Waals surface area contributed by atoms with Crippen molar-refractivity contribution in [1.82, 2.24) is 14.5 Å². The molecule has 1 aromatic carbocycles. The van der Waals surface area contributed by atoms with E-state index in [1.165, 1.54) is 17.4 Å².